The van der Waals surface area contributed by atoms with Crippen LogP contribution >= 0.6 is 0 Å². The van der Waals surface area contributed by atoms with E-state index in [1.165, 1.54) is 6.07 Å². The number of carbonyl (C=O) groups excluding carboxylic acids is 2. The standard InChI is InChI=1S/C11H8FNO4/c12-9(11(16)17)13-8(14)5-6-3-1-2-4-7(6)10(13)15/h1-4,9H,5H2,(H,16,17). The molecule has 17 heavy (non-hydrogen) atoms. The lowest BCUT2D eigenvalue weighted by Gasteiger charge is -2.27. The summed E-state index contributed by atoms with van der Waals surface area (Å²) >= 11 is 0. The summed E-state index contributed by atoms with van der Waals surface area (Å²) in [5.74, 6) is -3.61. The SMILES string of the molecule is O=C(O)C(F)N1C(=O)Cc2ccccc2C1=O. The zero-order chi connectivity index (χ0) is 12.6. The van der Waals surface area contributed by atoms with Crippen molar-refractivity contribution in [2.45, 2.75) is 12.7 Å². The number of fused-ring (bicyclic) bond motifs is 1. The van der Waals surface area contributed by atoms with Crippen LogP contribution in [0.25, 0.3) is 0 Å². The number of hydrogen-bond donors (Lipinski definition) is 1. The van der Waals surface area contributed by atoms with Crippen LogP contribution in [0.5, 0.6) is 0 Å². The highest BCUT2D eigenvalue weighted by Crippen LogP contribution is 2.21. The number of benzene rings is 1. The Morgan fingerprint density at radius 2 is 2.00 bits per heavy atom. The van der Waals surface area contributed by atoms with Crippen LogP contribution < -0.4 is 0 Å². The third kappa shape index (κ3) is 1.77. The summed E-state index contributed by atoms with van der Waals surface area (Å²) in [6.45, 7) is 0. The number of imide groups is 1. The van der Waals surface area contributed by atoms with E-state index >= 15 is 0 Å². The van der Waals surface area contributed by atoms with Crippen LogP contribution in [0.15, 0.2) is 24.3 Å². The van der Waals surface area contributed by atoms with E-state index in [0.717, 1.165) is 0 Å². The average Bonchev–Trinajstić information content (AvgIpc) is 2.28. The Hall–Kier alpha value is -2.24. The molecule has 6 heteroatoms. The smallest absolute Gasteiger partial charge is 0.360 e. The second kappa shape index (κ2) is 3.97. The van der Waals surface area contributed by atoms with E-state index in [2.05, 4.69) is 0 Å². The molecule has 1 heterocycles. The maximum atomic E-state index is 13.3. The topological polar surface area (TPSA) is 74.7 Å². The number of alkyl halides is 1. The first-order chi connectivity index (χ1) is 8.02. The van der Waals surface area contributed by atoms with Gasteiger partial charge in [0.15, 0.2) is 0 Å². The van der Waals surface area contributed by atoms with Crippen LogP contribution in [0.4, 0.5) is 4.39 Å². The van der Waals surface area contributed by atoms with Gasteiger partial charge in [0.2, 0.25) is 5.91 Å². The van der Waals surface area contributed by atoms with Crippen LogP contribution in [0, 0.1) is 0 Å². The van der Waals surface area contributed by atoms with Crippen LogP contribution in [-0.2, 0) is 16.0 Å². The molecule has 0 aromatic heterocycles. The van der Waals surface area contributed by atoms with Gasteiger partial charge in [0.05, 0.1) is 6.42 Å². The average molecular weight is 237 g/mol. The third-order valence-corrected chi connectivity index (χ3v) is 2.51. The zero-order valence-corrected chi connectivity index (χ0v) is 8.59. The molecule has 0 radical (unpaired) electrons. The van der Waals surface area contributed by atoms with Crippen molar-refractivity contribution in [1.82, 2.24) is 4.90 Å². The lowest BCUT2D eigenvalue weighted by atomic mass is 9.98. The number of carboxylic acids is 1. The summed E-state index contributed by atoms with van der Waals surface area (Å²) in [5.41, 5.74) is 0.646. The van der Waals surface area contributed by atoms with Gasteiger partial charge in [-0.25, -0.2) is 14.1 Å². The lowest BCUT2D eigenvalue weighted by Crippen LogP contribution is -2.49. The second-order valence-corrected chi connectivity index (χ2v) is 3.58. The molecule has 0 spiro atoms. The molecular formula is C11H8FNO4. The number of carboxylic acid groups (broad SMARTS) is 1. The van der Waals surface area contributed by atoms with Crippen molar-refractivity contribution in [1.29, 1.82) is 0 Å². The molecule has 0 bridgehead atoms. The molecule has 0 saturated carbocycles. The molecule has 5 nitrogen and oxygen atoms in total. The maximum absolute atomic E-state index is 13.3. The molecule has 2 rings (SSSR count). The van der Waals surface area contributed by atoms with Crippen LogP contribution in [0.2, 0.25) is 0 Å². The van der Waals surface area contributed by atoms with Crippen LogP contribution in [-0.4, -0.2) is 34.1 Å². The largest absolute Gasteiger partial charge is 0.478 e. The maximum Gasteiger partial charge on any atom is 0.360 e. The Morgan fingerprint density at radius 1 is 1.35 bits per heavy atom. The number of hydrogen-bond acceptors (Lipinski definition) is 3. The fraction of sp³-hybridized carbons (Fsp3) is 0.182. The minimum Gasteiger partial charge on any atom is -0.478 e. The van der Waals surface area contributed by atoms with Crippen molar-refractivity contribution in [2.75, 3.05) is 0 Å². The van der Waals surface area contributed by atoms with E-state index in [4.69, 9.17) is 5.11 Å². The van der Waals surface area contributed by atoms with Gasteiger partial charge in [-0.1, -0.05) is 18.2 Å². The summed E-state index contributed by atoms with van der Waals surface area (Å²) in [6.07, 6.45) is -2.81. The van der Waals surface area contributed by atoms with Crippen molar-refractivity contribution >= 4 is 17.8 Å². The first kappa shape index (κ1) is 11.3. The third-order valence-electron chi connectivity index (χ3n) is 2.51. The van der Waals surface area contributed by atoms with E-state index in [1.54, 1.807) is 18.2 Å². The molecule has 0 fully saturated rings. The molecule has 1 N–H and O–H groups in total. The van der Waals surface area contributed by atoms with Crippen LogP contribution in [0.1, 0.15) is 15.9 Å². The van der Waals surface area contributed by atoms with Gasteiger partial charge in [-0.3, -0.25) is 9.59 Å². The van der Waals surface area contributed by atoms with Gasteiger partial charge < -0.3 is 5.11 Å². The van der Waals surface area contributed by atoms with Gasteiger partial charge in [0.1, 0.15) is 0 Å². The fourth-order valence-electron chi connectivity index (χ4n) is 1.71. The first-order valence-electron chi connectivity index (χ1n) is 4.83. The van der Waals surface area contributed by atoms with E-state index in [9.17, 15) is 18.8 Å². The number of amides is 2. The number of carbonyl (C=O) groups is 3. The van der Waals surface area contributed by atoms with Gasteiger partial charge in [0.25, 0.3) is 12.2 Å². The molecule has 1 aliphatic heterocycles. The second-order valence-electron chi connectivity index (χ2n) is 3.58. The summed E-state index contributed by atoms with van der Waals surface area (Å²) in [4.78, 5) is 33.9. The Labute approximate surface area is 95.5 Å². The predicted octanol–water partition coefficient (Wildman–Crippen LogP) is 0.592. The van der Waals surface area contributed by atoms with Crippen LogP contribution in [0.3, 0.4) is 0 Å². The van der Waals surface area contributed by atoms with Gasteiger partial charge >= 0.3 is 5.97 Å². The van der Waals surface area contributed by atoms with Gasteiger partial charge in [-0.2, -0.15) is 0 Å². The molecule has 1 aromatic rings. The number of rotatable bonds is 2. The minimum atomic E-state index is -2.64. The predicted molar refractivity (Wildman–Crippen MR) is 53.9 cm³/mol. The molecule has 1 aromatic carbocycles. The van der Waals surface area contributed by atoms with E-state index in [1.807, 2.05) is 0 Å². The molecule has 1 atom stereocenters. The van der Waals surface area contributed by atoms with Crippen molar-refractivity contribution in [3.05, 3.63) is 35.4 Å². The molecule has 88 valence electrons. The van der Waals surface area contributed by atoms with Crippen molar-refractivity contribution < 1.29 is 23.9 Å². The van der Waals surface area contributed by atoms with Gasteiger partial charge in [-0.15, -0.1) is 0 Å². The fourth-order valence-corrected chi connectivity index (χ4v) is 1.71. The minimum absolute atomic E-state index is 0.144. The highest BCUT2D eigenvalue weighted by molar-refractivity contribution is 6.11. The Balaban J connectivity index is 2.43. The normalized spacial score (nSPS) is 16.6. The Kier molecular flexibility index (Phi) is 2.63. The van der Waals surface area contributed by atoms with Crippen molar-refractivity contribution in [3.8, 4) is 0 Å². The quantitative estimate of drug-likeness (QED) is 0.603. The highest BCUT2D eigenvalue weighted by Gasteiger charge is 2.39. The lowest BCUT2D eigenvalue weighted by molar-refractivity contribution is -0.154. The summed E-state index contributed by atoms with van der Waals surface area (Å²) in [6, 6.07) is 6.24. The first-order valence-corrected chi connectivity index (χ1v) is 4.83. The molecule has 0 saturated heterocycles. The zero-order valence-electron chi connectivity index (χ0n) is 8.59. The monoisotopic (exact) mass is 237 g/mol. The molecule has 0 aliphatic carbocycles. The van der Waals surface area contributed by atoms with Crippen molar-refractivity contribution in [2.24, 2.45) is 0 Å². The number of nitrogens with zero attached hydrogens (tertiary/aromatic N) is 1. The number of aliphatic carboxylic acids is 1. The molecule has 2 amide bonds. The summed E-state index contributed by atoms with van der Waals surface area (Å²) in [5, 5.41) is 8.50. The van der Waals surface area contributed by atoms with E-state index in [0.29, 0.717) is 5.56 Å². The molecule has 1 unspecified atom stereocenters. The van der Waals surface area contributed by atoms with E-state index in [-0.39, 0.29) is 16.9 Å². The Bertz CT molecular complexity index is 514. The molecular weight excluding hydrogens is 229 g/mol. The number of halogens is 1. The summed E-state index contributed by atoms with van der Waals surface area (Å²) in [7, 11) is 0. The molecule has 1 aliphatic rings. The highest BCUT2D eigenvalue weighted by atomic mass is 19.1. The van der Waals surface area contributed by atoms with E-state index < -0.39 is 24.1 Å². The van der Waals surface area contributed by atoms with Gasteiger partial charge in [-0.05, 0) is 11.6 Å². The van der Waals surface area contributed by atoms with Gasteiger partial charge in [0, 0.05) is 5.56 Å². The summed E-state index contributed by atoms with van der Waals surface area (Å²) < 4.78 is 13.3. The Morgan fingerprint density at radius 3 is 2.65 bits per heavy atom. The van der Waals surface area contributed by atoms with Crippen molar-refractivity contribution in [3.63, 3.8) is 0 Å².